The number of piperidine rings is 1. The zero-order valence-corrected chi connectivity index (χ0v) is 10.0. The molecule has 0 spiro atoms. The van der Waals surface area contributed by atoms with Gasteiger partial charge < -0.3 is 4.90 Å². The molecule has 1 saturated heterocycles. The largest absolute Gasteiger partial charge is 0.303 e. The first-order valence-corrected chi connectivity index (χ1v) is 6.54. The molecule has 0 aromatic carbocycles. The van der Waals surface area contributed by atoms with E-state index in [1.807, 2.05) is 11.7 Å². The highest BCUT2D eigenvalue weighted by Crippen LogP contribution is 2.15. The summed E-state index contributed by atoms with van der Waals surface area (Å²) in [5.41, 5.74) is 0. The molecule has 1 aliphatic rings. The maximum absolute atomic E-state index is 4.19. The van der Waals surface area contributed by atoms with E-state index in [0.29, 0.717) is 0 Å². The fourth-order valence-electron chi connectivity index (χ4n) is 1.87. The molecule has 2 heterocycles. The summed E-state index contributed by atoms with van der Waals surface area (Å²) < 4.78 is 1.83. The molecule has 1 fully saturated rings. The molecule has 0 saturated carbocycles. The van der Waals surface area contributed by atoms with Crippen molar-refractivity contribution in [2.24, 2.45) is 7.05 Å². The number of nitrogens with zero attached hydrogens (tertiary/aromatic N) is 4. The number of aromatic nitrogens is 3. The second kappa shape index (κ2) is 5.51. The van der Waals surface area contributed by atoms with Crippen molar-refractivity contribution in [1.82, 2.24) is 19.7 Å². The maximum Gasteiger partial charge on any atom is 0.185 e. The van der Waals surface area contributed by atoms with Crippen molar-refractivity contribution in [3.8, 4) is 0 Å². The van der Waals surface area contributed by atoms with Crippen LogP contribution in [0.4, 0.5) is 0 Å². The van der Waals surface area contributed by atoms with Gasteiger partial charge in [0.15, 0.2) is 5.16 Å². The summed E-state index contributed by atoms with van der Waals surface area (Å²) in [5.74, 6) is 1.12. The first-order chi connectivity index (χ1) is 7.36. The second-order valence-electron chi connectivity index (χ2n) is 3.92. The quantitative estimate of drug-likeness (QED) is 0.727. The van der Waals surface area contributed by atoms with E-state index in [1.165, 1.54) is 38.9 Å². The highest BCUT2D eigenvalue weighted by Gasteiger charge is 2.10. The molecule has 1 aromatic rings. The number of thioether (sulfide) groups is 1. The lowest BCUT2D eigenvalue weighted by Gasteiger charge is -2.25. The van der Waals surface area contributed by atoms with E-state index in [-0.39, 0.29) is 0 Å². The Morgan fingerprint density at radius 1 is 1.33 bits per heavy atom. The predicted molar refractivity (Wildman–Crippen MR) is 62.0 cm³/mol. The van der Waals surface area contributed by atoms with E-state index < -0.39 is 0 Å². The number of hydrogen-bond donors (Lipinski definition) is 0. The molecule has 0 radical (unpaired) electrons. The van der Waals surface area contributed by atoms with Crippen LogP contribution in [0.5, 0.6) is 0 Å². The summed E-state index contributed by atoms with van der Waals surface area (Å²) >= 11 is 1.80. The van der Waals surface area contributed by atoms with E-state index in [9.17, 15) is 0 Å². The first kappa shape index (κ1) is 11.0. The van der Waals surface area contributed by atoms with Gasteiger partial charge in [-0.2, -0.15) is 5.10 Å². The Morgan fingerprint density at radius 2 is 2.13 bits per heavy atom. The Morgan fingerprint density at radius 3 is 2.80 bits per heavy atom. The molecule has 0 amide bonds. The first-order valence-electron chi connectivity index (χ1n) is 5.55. The van der Waals surface area contributed by atoms with Crippen molar-refractivity contribution in [2.45, 2.75) is 24.4 Å². The van der Waals surface area contributed by atoms with E-state index in [0.717, 1.165) is 10.9 Å². The minimum absolute atomic E-state index is 1.02. The molecule has 4 nitrogen and oxygen atoms in total. The van der Waals surface area contributed by atoms with Crippen molar-refractivity contribution < 1.29 is 0 Å². The van der Waals surface area contributed by atoms with Gasteiger partial charge in [0.25, 0.3) is 0 Å². The summed E-state index contributed by atoms with van der Waals surface area (Å²) in [7, 11) is 1.94. The van der Waals surface area contributed by atoms with Crippen LogP contribution < -0.4 is 0 Å². The fraction of sp³-hybridized carbons (Fsp3) is 0.800. The van der Waals surface area contributed by atoms with Crippen LogP contribution in [0.2, 0.25) is 0 Å². The molecule has 5 heteroatoms. The van der Waals surface area contributed by atoms with Crippen molar-refractivity contribution in [3.05, 3.63) is 6.33 Å². The summed E-state index contributed by atoms with van der Waals surface area (Å²) in [6, 6.07) is 0. The molecule has 0 atom stereocenters. The van der Waals surface area contributed by atoms with Crippen LogP contribution in [0.15, 0.2) is 11.5 Å². The monoisotopic (exact) mass is 226 g/mol. The SMILES string of the molecule is Cn1ncnc1SCCN1CCCCC1. The molecule has 0 bridgehead atoms. The van der Waals surface area contributed by atoms with E-state index in [1.54, 1.807) is 18.1 Å². The Kier molecular flexibility index (Phi) is 4.02. The normalized spacial score (nSPS) is 18.2. The third kappa shape index (κ3) is 3.21. The minimum atomic E-state index is 1.02. The van der Waals surface area contributed by atoms with Crippen LogP contribution in [0.1, 0.15) is 19.3 Å². The maximum atomic E-state index is 4.19. The summed E-state index contributed by atoms with van der Waals surface area (Å²) in [5, 5.41) is 5.07. The van der Waals surface area contributed by atoms with Gasteiger partial charge in [-0.15, -0.1) is 0 Å². The summed E-state index contributed by atoms with van der Waals surface area (Å²) in [4.78, 5) is 6.74. The molecule has 0 aliphatic carbocycles. The van der Waals surface area contributed by atoms with E-state index in [2.05, 4.69) is 15.0 Å². The Balaban J connectivity index is 1.68. The third-order valence-corrected chi connectivity index (χ3v) is 3.77. The van der Waals surface area contributed by atoms with Gasteiger partial charge >= 0.3 is 0 Å². The van der Waals surface area contributed by atoms with Crippen molar-refractivity contribution in [3.63, 3.8) is 0 Å². The van der Waals surface area contributed by atoms with Gasteiger partial charge in [0.1, 0.15) is 6.33 Å². The summed E-state index contributed by atoms with van der Waals surface area (Å²) in [6.45, 7) is 3.73. The predicted octanol–water partition coefficient (Wildman–Crippen LogP) is 1.39. The molecule has 15 heavy (non-hydrogen) atoms. The lowest BCUT2D eigenvalue weighted by Crippen LogP contribution is -2.31. The lowest BCUT2D eigenvalue weighted by molar-refractivity contribution is 0.242. The fourth-order valence-corrected chi connectivity index (χ4v) is 2.75. The Labute approximate surface area is 95.1 Å². The molecule has 0 unspecified atom stereocenters. The van der Waals surface area contributed by atoms with Crippen molar-refractivity contribution >= 4 is 11.8 Å². The van der Waals surface area contributed by atoms with Crippen LogP contribution in [0, 0.1) is 0 Å². The summed E-state index contributed by atoms with van der Waals surface area (Å²) in [6.07, 6.45) is 5.76. The van der Waals surface area contributed by atoms with Gasteiger partial charge in [-0.05, 0) is 25.9 Å². The van der Waals surface area contributed by atoms with Gasteiger partial charge in [0.05, 0.1) is 0 Å². The molecule has 0 N–H and O–H groups in total. The number of likely N-dealkylation sites (tertiary alicyclic amines) is 1. The number of rotatable bonds is 4. The standard InChI is InChI=1S/C10H18N4S/c1-13-10(11-9-12-13)15-8-7-14-5-3-2-4-6-14/h9H,2-8H2,1H3. The Bertz CT molecular complexity index is 293. The van der Waals surface area contributed by atoms with Gasteiger partial charge in [0, 0.05) is 19.3 Å². The van der Waals surface area contributed by atoms with Crippen LogP contribution in [0.25, 0.3) is 0 Å². The minimum Gasteiger partial charge on any atom is -0.303 e. The smallest absolute Gasteiger partial charge is 0.185 e. The topological polar surface area (TPSA) is 34.0 Å². The van der Waals surface area contributed by atoms with E-state index >= 15 is 0 Å². The number of hydrogen-bond acceptors (Lipinski definition) is 4. The molecule has 1 aliphatic heterocycles. The van der Waals surface area contributed by atoms with Gasteiger partial charge in [0.2, 0.25) is 0 Å². The van der Waals surface area contributed by atoms with E-state index in [4.69, 9.17) is 0 Å². The molecular weight excluding hydrogens is 208 g/mol. The van der Waals surface area contributed by atoms with Crippen LogP contribution >= 0.6 is 11.8 Å². The van der Waals surface area contributed by atoms with Crippen molar-refractivity contribution in [2.75, 3.05) is 25.4 Å². The second-order valence-corrected chi connectivity index (χ2v) is 4.98. The molecular formula is C10H18N4S. The van der Waals surface area contributed by atoms with Crippen LogP contribution in [-0.4, -0.2) is 45.1 Å². The van der Waals surface area contributed by atoms with Gasteiger partial charge in [-0.3, -0.25) is 0 Å². The highest BCUT2D eigenvalue weighted by atomic mass is 32.2. The average Bonchev–Trinajstić information content (AvgIpc) is 2.66. The lowest BCUT2D eigenvalue weighted by atomic mass is 10.1. The van der Waals surface area contributed by atoms with Crippen molar-refractivity contribution in [1.29, 1.82) is 0 Å². The molecule has 1 aromatic heterocycles. The molecule has 2 rings (SSSR count). The highest BCUT2D eigenvalue weighted by molar-refractivity contribution is 7.99. The van der Waals surface area contributed by atoms with Gasteiger partial charge in [-0.25, -0.2) is 9.67 Å². The van der Waals surface area contributed by atoms with Crippen LogP contribution in [0.3, 0.4) is 0 Å². The third-order valence-electron chi connectivity index (χ3n) is 2.76. The zero-order chi connectivity index (χ0) is 10.5. The molecule has 84 valence electrons. The van der Waals surface area contributed by atoms with Gasteiger partial charge in [-0.1, -0.05) is 18.2 Å². The number of aryl methyl sites for hydroxylation is 1. The Hall–Kier alpha value is -0.550. The zero-order valence-electron chi connectivity index (χ0n) is 9.22. The van der Waals surface area contributed by atoms with Crippen LogP contribution in [-0.2, 0) is 7.05 Å². The average molecular weight is 226 g/mol.